The molecule has 1 saturated carbocycles. The molecule has 1 amide bonds. The van der Waals surface area contributed by atoms with E-state index in [1.807, 2.05) is 0 Å². The fourth-order valence-corrected chi connectivity index (χ4v) is 4.76. The minimum absolute atomic E-state index is 0.0690. The molecule has 0 bridgehead atoms. The fourth-order valence-electron chi connectivity index (χ4n) is 4.11. The van der Waals surface area contributed by atoms with Crippen molar-refractivity contribution in [2.75, 3.05) is 26.0 Å². The topological polar surface area (TPSA) is 89.7 Å². The van der Waals surface area contributed by atoms with Gasteiger partial charge in [0.05, 0.1) is 16.2 Å². The molecule has 2 atom stereocenters. The molecule has 0 spiro atoms. The Morgan fingerprint density at radius 1 is 1.27 bits per heavy atom. The number of amides is 1. The maximum Gasteiger partial charge on any atom is 0.422 e. The second-order valence-electron chi connectivity index (χ2n) is 8.54. The number of halogens is 5. The number of benzene rings is 1. The first-order chi connectivity index (χ1) is 15.1. The number of likely N-dealkylation sites (tertiary alicyclic amines) is 1. The number of aromatic nitrogens is 1. The molecule has 2 heterocycles. The van der Waals surface area contributed by atoms with Crippen molar-refractivity contribution in [1.29, 1.82) is 0 Å². The van der Waals surface area contributed by atoms with Crippen molar-refractivity contribution in [1.82, 2.24) is 10.1 Å². The first kappa shape index (κ1) is 23.5. The Labute approximate surface area is 185 Å². The van der Waals surface area contributed by atoms with Crippen LogP contribution < -0.4 is 4.74 Å². The largest absolute Gasteiger partial charge is 0.483 e. The fraction of sp³-hybridized carbons (Fsp3) is 0.500. The van der Waals surface area contributed by atoms with Gasteiger partial charge in [-0.2, -0.15) is 22.0 Å². The van der Waals surface area contributed by atoms with Gasteiger partial charge in [0.2, 0.25) is 5.76 Å². The standard InChI is InChI=1S/C20H19F5N2O5S/c1-18(21,22)16-6-15(26-32-16)19-7-11(19)8-27(9-19)17(28)13-5-12(33(2,29)30)3-4-14(13)31-10-20(23,24)25/h3-6,11H,7-10H2,1-2H3. The number of nitrogens with zero attached hydrogens (tertiary/aromatic N) is 2. The van der Waals surface area contributed by atoms with Gasteiger partial charge < -0.3 is 14.2 Å². The van der Waals surface area contributed by atoms with Crippen LogP contribution in [0.3, 0.4) is 0 Å². The molecule has 2 aliphatic rings. The predicted molar refractivity (Wildman–Crippen MR) is 103 cm³/mol. The molecule has 7 nitrogen and oxygen atoms in total. The number of fused-ring (bicyclic) bond motifs is 1. The number of sulfone groups is 1. The third-order valence-corrected chi connectivity index (χ3v) is 7.00. The van der Waals surface area contributed by atoms with Crippen molar-refractivity contribution in [2.45, 2.75) is 35.8 Å². The number of alkyl halides is 5. The van der Waals surface area contributed by atoms with Crippen LogP contribution in [0.4, 0.5) is 22.0 Å². The van der Waals surface area contributed by atoms with E-state index in [1.165, 1.54) is 4.90 Å². The van der Waals surface area contributed by atoms with E-state index in [0.717, 1.165) is 30.5 Å². The Kier molecular flexibility index (Phi) is 5.26. The lowest BCUT2D eigenvalue weighted by Gasteiger charge is -2.22. The summed E-state index contributed by atoms with van der Waals surface area (Å²) in [6.45, 7) is -0.725. The highest BCUT2D eigenvalue weighted by molar-refractivity contribution is 7.90. The molecule has 2 aromatic rings. The van der Waals surface area contributed by atoms with Crippen molar-refractivity contribution in [3.63, 3.8) is 0 Å². The first-order valence-corrected chi connectivity index (χ1v) is 11.7. The van der Waals surface area contributed by atoms with E-state index in [-0.39, 0.29) is 35.2 Å². The summed E-state index contributed by atoms with van der Waals surface area (Å²) in [5.74, 6) is -5.06. The van der Waals surface area contributed by atoms with Crippen molar-refractivity contribution in [2.24, 2.45) is 5.92 Å². The smallest absolute Gasteiger partial charge is 0.422 e. The molecule has 1 saturated heterocycles. The maximum absolute atomic E-state index is 13.5. The van der Waals surface area contributed by atoms with E-state index in [1.54, 1.807) is 0 Å². The summed E-state index contributed by atoms with van der Waals surface area (Å²) in [5, 5.41) is 3.74. The molecule has 33 heavy (non-hydrogen) atoms. The average Bonchev–Trinajstić information content (AvgIpc) is 3.07. The van der Waals surface area contributed by atoms with Crippen LogP contribution in [0.2, 0.25) is 0 Å². The van der Waals surface area contributed by atoms with Gasteiger partial charge in [0.25, 0.3) is 5.91 Å². The van der Waals surface area contributed by atoms with Crippen LogP contribution in [0, 0.1) is 5.92 Å². The van der Waals surface area contributed by atoms with Crippen LogP contribution >= 0.6 is 0 Å². The molecule has 1 aromatic carbocycles. The van der Waals surface area contributed by atoms with Gasteiger partial charge in [-0.3, -0.25) is 4.79 Å². The molecule has 2 unspecified atom stereocenters. The number of carbonyl (C=O) groups excluding carboxylic acids is 1. The second kappa shape index (κ2) is 7.40. The zero-order valence-corrected chi connectivity index (χ0v) is 18.3. The van der Waals surface area contributed by atoms with Crippen LogP contribution in [0.1, 0.15) is 35.2 Å². The van der Waals surface area contributed by atoms with Crippen molar-refractivity contribution >= 4 is 15.7 Å². The number of ether oxygens (including phenoxy) is 1. The van der Waals surface area contributed by atoms with Gasteiger partial charge in [-0.05, 0) is 30.5 Å². The SMILES string of the molecule is CC(F)(F)c1cc(C23CC2CN(C(=O)c2cc(S(C)(=O)=O)ccc2OCC(F)(F)F)C3)no1. The summed E-state index contributed by atoms with van der Waals surface area (Å²) in [7, 11) is -3.75. The van der Waals surface area contributed by atoms with E-state index in [2.05, 4.69) is 5.16 Å². The Morgan fingerprint density at radius 2 is 1.97 bits per heavy atom. The molecular formula is C20H19F5N2O5S. The average molecular weight is 494 g/mol. The van der Waals surface area contributed by atoms with Crippen molar-refractivity contribution in [3.05, 3.63) is 41.3 Å². The Bertz CT molecular complexity index is 1200. The van der Waals surface area contributed by atoms with Crippen LogP contribution in [0.5, 0.6) is 5.75 Å². The monoisotopic (exact) mass is 494 g/mol. The molecule has 2 fully saturated rings. The lowest BCUT2D eigenvalue weighted by molar-refractivity contribution is -0.153. The summed E-state index contributed by atoms with van der Waals surface area (Å²) in [6, 6.07) is 4.19. The minimum Gasteiger partial charge on any atom is -0.483 e. The molecule has 13 heteroatoms. The Morgan fingerprint density at radius 3 is 2.55 bits per heavy atom. The molecule has 1 aliphatic heterocycles. The molecule has 1 aromatic heterocycles. The van der Waals surface area contributed by atoms with Crippen LogP contribution in [-0.2, 0) is 21.2 Å². The lowest BCUT2D eigenvalue weighted by Crippen LogP contribution is -2.33. The first-order valence-electron chi connectivity index (χ1n) is 9.79. The van der Waals surface area contributed by atoms with Gasteiger partial charge in [0.1, 0.15) is 5.75 Å². The van der Waals surface area contributed by atoms with Gasteiger partial charge in [0, 0.05) is 37.8 Å². The minimum atomic E-state index is -4.67. The van der Waals surface area contributed by atoms with Gasteiger partial charge in [-0.1, -0.05) is 5.16 Å². The Hall–Kier alpha value is -2.70. The number of piperidine rings is 1. The van der Waals surface area contributed by atoms with Crippen molar-refractivity contribution in [3.8, 4) is 5.75 Å². The number of hydrogen-bond acceptors (Lipinski definition) is 6. The summed E-state index contributed by atoms with van der Waals surface area (Å²) in [4.78, 5) is 14.3. The van der Waals surface area contributed by atoms with Gasteiger partial charge >= 0.3 is 12.1 Å². The second-order valence-corrected chi connectivity index (χ2v) is 10.6. The normalized spacial score (nSPS) is 22.9. The predicted octanol–water partition coefficient (Wildman–Crippen LogP) is 3.54. The number of rotatable bonds is 6. The zero-order chi connectivity index (χ0) is 24.4. The third-order valence-electron chi connectivity index (χ3n) is 5.89. The highest BCUT2D eigenvalue weighted by Gasteiger charge is 2.63. The van der Waals surface area contributed by atoms with Crippen LogP contribution in [0.15, 0.2) is 33.7 Å². The summed E-state index contributed by atoms with van der Waals surface area (Å²) in [6.07, 6.45) is -3.18. The van der Waals surface area contributed by atoms with Crippen LogP contribution in [0.25, 0.3) is 0 Å². The highest BCUT2D eigenvalue weighted by Crippen LogP contribution is 2.59. The summed E-state index contributed by atoms with van der Waals surface area (Å²) in [5.41, 5.74) is -0.748. The Balaban J connectivity index is 1.61. The molecule has 180 valence electrons. The molecule has 0 N–H and O–H groups in total. The third kappa shape index (κ3) is 4.55. The van der Waals surface area contributed by atoms with Gasteiger partial charge in [0.15, 0.2) is 16.4 Å². The van der Waals surface area contributed by atoms with Gasteiger partial charge in [-0.25, -0.2) is 8.42 Å². The molecular weight excluding hydrogens is 475 g/mol. The van der Waals surface area contributed by atoms with E-state index < -0.39 is 51.4 Å². The summed E-state index contributed by atoms with van der Waals surface area (Å²) >= 11 is 0. The lowest BCUT2D eigenvalue weighted by atomic mass is 10.0. The summed E-state index contributed by atoms with van der Waals surface area (Å²) < 4.78 is 98.3. The van der Waals surface area contributed by atoms with E-state index in [9.17, 15) is 35.2 Å². The number of carbonyl (C=O) groups is 1. The number of hydrogen-bond donors (Lipinski definition) is 0. The molecule has 1 aliphatic carbocycles. The van der Waals surface area contributed by atoms with E-state index in [4.69, 9.17) is 9.26 Å². The van der Waals surface area contributed by atoms with E-state index >= 15 is 0 Å². The molecule has 4 rings (SSSR count). The quantitative estimate of drug-likeness (QED) is 0.571. The van der Waals surface area contributed by atoms with E-state index in [0.29, 0.717) is 13.3 Å². The van der Waals surface area contributed by atoms with Crippen molar-refractivity contribution < 1.29 is 44.4 Å². The highest BCUT2D eigenvalue weighted by atomic mass is 32.2. The maximum atomic E-state index is 13.5. The molecule has 0 radical (unpaired) electrons. The van der Waals surface area contributed by atoms with Gasteiger partial charge in [-0.15, -0.1) is 0 Å². The van der Waals surface area contributed by atoms with Crippen LogP contribution in [-0.4, -0.2) is 56.5 Å². The zero-order valence-electron chi connectivity index (χ0n) is 17.4.